The molecule has 0 radical (unpaired) electrons. The number of allylic oxidation sites excluding steroid dienone is 2. The second-order valence-electron chi connectivity index (χ2n) is 9.98. The van der Waals surface area contributed by atoms with Gasteiger partial charge >= 0.3 is 0 Å². The van der Waals surface area contributed by atoms with Gasteiger partial charge < -0.3 is 15.3 Å². The van der Waals surface area contributed by atoms with Crippen molar-refractivity contribution in [1.29, 1.82) is 0 Å². The Bertz CT molecular complexity index is 1130. The SMILES string of the molecule is CC1(O)C=CC(C(C)(C)c2ccc(C(C)(c3ccc(O)cc3)c3ccc(O)cc3)cc2)=CC1. The Morgan fingerprint density at radius 2 is 1.06 bits per heavy atom. The zero-order valence-electron chi connectivity index (χ0n) is 19.7. The van der Waals surface area contributed by atoms with E-state index in [4.69, 9.17) is 0 Å². The summed E-state index contributed by atoms with van der Waals surface area (Å²) in [6, 6.07) is 23.3. The van der Waals surface area contributed by atoms with E-state index in [0.717, 1.165) is 16.7 Å². The van der Waals surface area contributed by atoms with Crippen LogP contribution < -0.4 is 0 Å². The molecule has 33 heavy (non-hydrogen) atoms. The zero-order valence-corrected chi connectivity index (χ0v) is 19.7. The number of hydrogen-bond acceptors (Lipinski definition) is 3. The van der Waals surface area contributed by atoms with Gasteiger partial charge in [0.05, 0.1) is 5.60 Å². The van der Waals surface area contributed by atoms with Crippen molar-refractivity contribution in [3.63, 3.8) is 0 Å². The van der Waals surface area contributed by atoms with Gasteiger partial charge in [0.1, 0.15) is 11.5 Å². The molecule has 1 aliphatic carbocycles. The maximum atomic E-state index is 10.2. The largest absolute Gasteiger partial charge is 0.508 e. The van der Waals surface area contributed by atoms with Crippen molar-refractivity contribution in [2.45, 2.75) is 50.5 Å². The third-order valence-electron chi connectivity index (χ3n) is 7.15. The number of phenolic OH excluding ortho intramolecular Hbond substituents is 2. The topological polar surface area (TPSA) is 60.7 Å². The van der Waals surface area contributed by atoms with Crippen molar-refractivity contribution in [1.82, 2.24) is 0 Å². The van der Waals surface area contributed by atoms with Crippen LogP contribution in [0.3, 0.4) is 0 Å². The van der Waals surface area contributed by atoms with Gasteiger partial charge in [-0.25, -0.2) is 0 Å². The number of hydrogen-bond donors (Lipinski definition) is 3. The van der Waals surface area contributed by atoms with E-state index in [0.29, 0.717) is 6.42 Å². The first kappa shape index (κ1) is 22.9. The normalized spacial score (nSPS) is 18.8. The summed E-state index contributed by atoms with van der Waals surface area (Å²) in [5.41, 5.74) is 4.18. The van der Waals surface area contributed by atoms with E-state index in [2.05, 4.69) is 51.1 Å². The summed E-state index contributed by atoms with van der Waals surface area (Å²) >= 11 is 0. The molecule has 4 rings (SSSR count). The highest BCUT2D eigenvalue weighted by atomic mass is 16.3. The third kappa shape index (κ3) is 4.34. The van der Waals surface area contributed by atoms with Crippen molar-refractivity contribution in [2.75, 3.05) is 0 Å². The third-order valence-corrected chi connectivity index (χ3v) is 7.15. The number of phenols is 2. The van der Waals surface area contributed by atoms with Crippen LogP contribution in [0.1, 0.15) is 56.4 Å². The molecular weight excluding hydrogens is 408 g/mol. The fraction of sp³-hybridized carbons (Fsp3) is 0.267. The van der Waals surface area contributed by atoms with Crippen molar-refractivity contribution in [2.24, 2.45) is 0 Å². The van der Waals surface area contributed by atoms with E-state index in [1.54, 1.807) is 24.3 Å². The summed E-state index contributed by atoms with van der Waals surface area (Å²) in [6.45, 7) is 8.40. The van der Waals surface area contributed by atoms with E-state index < -0.39 is 11.0 Å². The lowest BCUT2D eigenvalue weighted by Crippen LogP contribution is -2.27. The van der Waals surface area contributed by atoms with Crippen LogP contribution in [0, 0.1) is 0 Å². The Kier molecular flexibility index (Phi) is 5.71. The molecule has 0 fully saturated rings. The Labute approximate surface area is 196 Å². The quantitative estimate of drug-likeness (QED) is 0.404. The summed E-state index contributed by atoms with van der Waals surface area (Å²) in [5.74, 6) is 0.466. The standard InChI is InChI=1S/C30H32O3/c1-28(2,22-17-19-29(3,33)20-18-22)21-5-7-23(8-6-21)30(4,24-9-13-26(31)14-10-24)25-11-15-27(32)16-12-25/h5-19,31-33H,20H2,1-4H3. The van der Waals surface area contributed by atoms with Crippen LogP contribution in [0.4, 0.5) is 0 Å². The molecular formula is C30H32O3. The molecule has 0 aromatic heterocycles. The minimum absolute atomic E-state index is 0.195. The molecule has 3 aromatic carbocycles. The summed E-state index contributed by atoms with van der Waals surface area (Å²) < 4.78 is 0. The minimum atomic E-state index is -0.778. The molecule has 0 saturated heterocycles. The first-order chi connectivity index (χ1) is 15.5. The Morgan fingerprint density at radius 1 is 0.667 bits per heavy atom. The highest BCUT2D eigenvalue weighted by Gasteiger charge is 2.33. The van der Waals surface area contributed by atoms with Crippen molar-refractivity contribution >= 4 is 0 Å². The number of benzene rings is 3. The molecule has 3 N–H and O–H groups in total. The zero-order chi connectivity index (χ0) is 23.9. The van der Waals surface area contributed by atoms with Crippen molar-refractivity contribution < 1.29 is 15.3 Å². The Balaban J connectivity index is 1.75. The molecule has 0 heterocycles. The van der Waals surface area contributed by atoms with Crippen LogP contribution in [0.15, 0.2) is 96.6 Å². The molecule has 3 aromatic rings. The molecule has 0 spiro atoms. The maximum absolute atomic E-state index is 10.2. The van der Waals surface area contributed by atoms with Gasteiger partial charge in [-0.15, -0.1) is 0 Å². The lowest BCUT2D eigenvalue weighted by molar-refractivity contribution is 0.113. The van der Waals surface area contributed by atoms with Gasteiger partial charge in [-0.05, 0) is 72.4 Å². The Hall–Kier alpha value is -3.30. The van der Waals surface area contributed by atoms with Gasteiger partial charge in [0.15, 0.2) is 0 Å². The van der Waals surface area contributed by atoms with Crippen LogP contribution >= 0.6 is 0 Å². The number of aliphatic hydroxyl groups is 1. The predicted molar refractivity (Wildman–Crippen MR) is 134 cm³/mol. The first-order valence-corrected chi connectivity index (χ1v) is 11.3. The van der Waals surface area contributed by atoms with E-state index in [1.165, 1.54) is 11.1 Å². The lowest BCUT2D eigenvalue weighted by Gasteiger charge is -2.34. The minimum Gasteiger partial charge on any atom is -0.508 e. The van der Waals surface area contributed by atoms with Crippen LogP contribution in [0.2, 0.25) is 0 Å². The van der Waals surface area contributed by atoms with E-state index in [-0.39, 0.29) is 16.9 Å². The molecule has 1 aliphatic rings. The molecule has 3 nitrogen and oxygen atoms in total. The molecule has 0 saturated carbocycles. The highest BCUT2D eigenvalue weighted by Crippen LogP contribution is 2.42. The average Bonchev–Trinajstić information content (AvgIpc) is 2.79. The fourth-order valence-corrected chi connectivity index (χ4v) is 4.66. The van der Waals surface area contributed by atoms with E-state index in [1.807, 2.05) is 43.3 Å². The predicted octanol–water partition coefficient (Wildman–Crippen LogP) is 6.37. The summed E-state index contributed by atoms with van der Waals surface area (Å²) in [5, 5.41) is 29.9. The van der Waals surface area contributed by atoms with Gasteiger partial charge in [-0.1, -0.05) is 80.6 Å². The summed E-state index contributed by atoms with van der Waals surface area (Å²) in [4.78, 5) is 0. The van der Waals surface area contributed by atoms with Crippen LogP contribution in [0.25, 0.3) is 0 Å². The Morgan fingerprint density at radius 3 is 1.45 bits per heavy atom. The molecule has 0 bridgehead atoms. The smallest absolute Gasteiger partial charge is 0.115 e. The number of aromatic hydroxyl groups is 2. The average molecular weight is 441 g/mol. The molecule has 3 heteroatoms. The molecule has 1 atom stereocenters. The monoisotopic (exact) mass is 440 g/mol. The van der Waals surface area contributed by atoms with E-state index >= 15 is 0 Å². The first-order valence-electron chi connectivity index (χ1n) is 11.3. The highest BCUT2D eigenvalue weighted by molar-refractivity contribution is 5.53. The maximum Gasteiger partial charge on any atom is 0.115 e. The van der Waals surface area contributed by atoms with Gasteiger partial charge in [0.25, 0.3) is 0 Å². The van der Waals surface area contributed by atoms with Gasteiger partial charge in [-0.2, -0.15) is 0 Å². The van der Waals surface area contributed by atoms with Gasteiger partial charge in [0.2, 0.25) is 0 Å². The van der Waals surface area contributed by atoms with E-state index in [9.17, 15) is 15.3 Å². The second-order valence-corrected chi connectivity index (χ2v) is 9.98. The number of rotatable bonds is 5. The lowest BCUT2D eigenvalue weighted by atomic mass is 9.69. The van der Waals surface area contributed by atoms with Gasteiger partial charge in [0, 0.05) is 10.8 Å². The van der Waals surface area contributed by atoms with Crippen LogP contribution in [-0.2, 0) is 10.8 Å². The van der Waals surface area contributed by atoms with Crippen LogP contribution in [-0.4, -0.2) is 20.9 Å². The fourth-order valence-electron chi connectivity index (χ4n) is 4.66. The molecule has 0 amide bonds. The molecule has 0 aliphatic heterocycles. The molecule has 170 valence electrons. The summed E-state index contributed by atoms with van der Waals surface area (Å²) in [7, 11) is 0. The van der Waals surface area contributed by atoms with Crippen molar-refractivity contribution in [3.05, 3.63) is 119 Å². The molecule has 1 unspecified atom stereocenters. The second kappa shape index (κ2) is 8.24. The van der Waals surface area contributed by atoms with Crippen LogP contribution in [0.5, 0.6) is 11.5 Å². The van der Waals surface area contributed by atoms with Crippen molar-refractivity contribution in [3.8, 4) is 11.5 Å². The summed E-state index contributed by atoms with van der Waals surface area (Å²) in [6.07, 6.45) is 6.66. The van der Waals surface area contributed by atoms with Gasteiger partial charge in [-0.3, -0.25) is 0 Å².